The number of nitrogens with zero attached hydrogens (tertiary/aromatic N) is 1. The van der Waals surface area contributed by atoms with Crippen LogP contribution in [0.25, 0.3) is 6.08 Å². The lowest BCUT2D eigenvalue weighted by molar-refractivity contribution is -0.137. The fourth-order valence-corrected chi connectivity index (χ4v) is 4.00. The summed E-state index contributed by atoms with van der Waals surface area (Å²) in [4.78, 5) is 27.9. The molecule has 1 aliphatic rings. The minimum atomic E-state index is -4.41. The van der Waals surface area contributed by atoms with Gasteiger partial charge in [0.1, 0.15) is 6.54 Å². The normalized spacial score (nSPS) is 15.3. The zero-order valence-electron chi connectivity index (χ0n) is 16.3. The summed E-state index contributed by atoms with van der Waals surface area (Å²) in [7, 11) is 0. The van der Waals surface area contributed by atoms with Gasteiger partial charge in [-0.2, -0.15) is 13.2 Å². The Morgan fingerprint density at radius 2 is 1.83 bits per heavy atom. The molecule has 0 spiro atoms. The quantitative estimate of drug-likeness (QED) is 0.508. The summed E-state index contributed by atoms with van der Waals surface area (Å²) >= 11 is 1.24. The van der Waals surface area contributed by atoms with Crippen molar-refractivity contribution in [2.45, 2.75) is 30.8 Å². The van der Waals surface area contributed by atoms with Crippen molar-refractivity contribution in [1.29, 1.82) is 0 Å². The molecule has 0 aromatic heterocycles. The molecular weight excluding hydrogens is 413 g/mol. The Balaban J connectivity index is 1.86. The van der Waals surface area contributed by atoms with Gasteiger partial charge in [0.05, 0.1) is 16.2 Å². The molecule has 8 heteroatoms. The average molecular weight is 434 g/mol. The number of thioether (sulfide) groups is 1. The molecule has 0 saturated carbocycles. The van der Waals surface area contributed by atoms with E-state index < -0.39 is 11.7 Å². The molecule has 0 aliphatic carbocycles. The van der Waals surface area contributed by atoms with E-state index in [1.165, 1.54) is 28.8 Å². The number of carbonyl (C=O) groups is 2. The minimum Gasteiger partial charge on any atom is -0.355 e. The van der Waals surface area contributed by atoms with Crippen LogP contribution in [0.3, 0.4) is 0 Å². The number of halogens is 3. The molecule has 1 aliphatic heterocycles. The molecule has 1 heterocycles. The number of anilines is 1. The summed E-state index contributed by atoms with van der Waals surface area (Å²) in [6.07, 6.45) is -1.07. The maximum absolute atomic E-state index is 13.1. The molecule has 0 radical (unpaired) electrons. The molecule has 0 saturated heterocycles. The van der Waals surface area contributed by atoms with Crippen molar-refractivity contribution < 1.29 is 22.8 Å². The molecule has 0 atom stereocenters. The van der Waals surface area contributed by atoms with Gasteiger partial charge in [-0.3, -0.25) is 14.5 Å². The van der Waals surface area contributed by atoms with E-state index in [0.717, 1.165) is 29.9 Å². The van der Waals surface area contributed by atoms with Crippen molar-refractivity contribution >= 4 is 35.3 Å². The molecule has 0 fully saturated rings. The highest BCUT2D eigenvalue weighted by atomic mass is 32.2. The van der Waals surface area contributed by atoms with Crippen molar-refractivity contribution in [3.8, 4) is 0 Å². The average Bonchev–Trinajstić information content (AvgIpc) is 2.71. The van der Waals surface area contributed by atoms with E-state index in [2.05, 4.69) is 5.32 Å². The molecule has 3 rings (SSSR count). The SMILES string of the molecule is CCCCNC(=O)CN1C(=O)/C(=C\c2ccc(C(F)(F)F)cc2)Sc2ccccc21. The number of rotatable bonds is 6. The van der Waals surface area contributed by atoms with Crippen LogP contribution >= 0.6 is 11.8 Å². The van der Waals surface area contributed by atoms with E-state index in [-0.39, 0.29) is 18.4 Å². The Morgan fingerprint density at radius 1 is 1.13 bits per heavy atom. The van der Waals surface area contributed by atoms with Crippen LogP contribution in [-0.2, 0) is 15.8 Å². The second kappa shape index (κ2) is 9.38. The molecule has 2 amide bonds. The zero-order chi connectivity index (χ0) is 21.7. The first-order valence-electron chi connectivity index (χ1n) is 9.54. The van der Waals surface area contributed by atoms with Crippen molar-refractivity contribution in [3.05, 3.63) is 64.6 Å². The van der Waals surface area contributed by atoms with Crippen molar-refractivity contribution in [2.24, 2.45) is 0 Å². The highest BCUT2D eigenvalue weighted by Gasteiger charge is 2.31. The number of carbonyl (C=O) groups excluding carboxylic acids is 2. The third-order valence-electron chi connectivity index (χ3n) is 4.52. The zero-order valence-corrected chi connectivity index (χ0v) is 17.1. The van der Waals surface area contributed by atoms with Gasteiger partial charge >= 0.3 is 6.18 Å². The summed E-state index contributed by atoms with van der Waals surface area (Å²) in [6, 6.07) is 11.9. The van der Waals surface area contributed by atoms with Crippen LogP contribution < -0.4 is 10.2 Å². The maximum Gasteiger partial charge on any atom is 0.416 e. The Hall–Kier alpha value is -2.74. The van der Waals surface area contributed by atoms with Crippen LogP contribution in [0.2, 0.25) is 0 Å². The summed E-state index contributed by atoms with van der Waals surface area (Å²) in [5.41, 5.74) is 0.372. The first-order chi connectivity index (χ1) is 14.3. The fraction of sp³-hybridized carbons (Fsp3) is 0.273. The number of hydrogen-bond acceptors (Lipinski definition) is 3. The number of amides is 2. The number of hydrogen-bond donors (Lipinski definition) is 1. The summed E-state index contributed by atoms with van der Waals surface area (Å²) in [5, 5.41) is 2.80. The summed E-state index contributed by atoms with van der Waals surface area (Å²) in [5.74, 6) is -0.614. The molecule has 158 valence electrons. The van der Waals surface area contributed by atoms with Gasteiger partial charge in [-0.1, -0.05) is 49.4 Å². The van der Waals surface area contributed by atoms with Crippen molar-refractivity contribution in [3.63, 3.8) is 0 Å². The third-order valence-corrected chi connectivity index (χ3v) is 5.60. The maximum atomic E-state index is 13.1. The topological polar surface area (TPSA) is 49.4 Å². The minimum absolute atomic E-state index is 0.121. The standard InChI is InChI=1S/C22H21F3N2O2S/c1-2-3-12-26-20(28)14-27-17-6-4-5-7-18(17)30-19(21(27)29)13-15-8-10-16(11-9-15)22(23,24)25/h4-11,13H,2-3,12,14H2,1H3,(H,26,28)/b19-13+. The largest absolute Gasteiger partial charge is 0.416 e. The monoisotopic (exact) mass is 434 g/mol. The Labute approximate surface area is 177 Å². The van der Waals surface area contributed by atoms with E-state index in [9.17, 15) is 22.8 Å². The lowest BCUT2D eigenvalue weighted by Crippen LogP contribution is -2.42. The Morgan fingerprint density at radius 3 is 2.50 bits per heavy atom. The first-order valence-corrected chi connectivity index (χ1v) is 10.4. The van der Waals surface area contributed by atoms with Crippen molar-refractivity contribution in [1.82, 2.24) is 5.32 Å². The number of nitrogens with one attached hydrogen (secondary N) is 1. The number of alkyl halides is 3. The molecule has 1 N–H and O–H groups in total. The first kappa shape index (κ1) is 22.0. The van der Waals surface area contributed by atoms with E-state index in [4.69, 9.17) is 0 Å². The Kier molecular flexibility index (Phi) is 6.87. The summed E-state index contributed by atoms with van der Waals surface area (Å²) in [6.45, 7) is 2.44. The van der Waals surface area contributed by atoms with Crippen LogP contribution in [0.4, 0.5) is 18.9 Å². The third kappa shape index (κ3) is 5.24. The van der Waals surface area contributed by atoms with Gasteiger partial charge < -0.3 is 5.32 Å². The number of para-hydroxylation sites is 1. The highest BCUT2D eigenvalue weighted by Crippen LogP contribution is 2.42. The van der Waals surface area contributed by atoms with Gasteiger partial charge in [0.15, 0.2) is 0 Å². The molecular formula is C22H21F3N2O2S. The van der Waals surface area contributed by atoms with Gasteiger partial charge in [-0.25, -0.2) is 0 Å². The second-order valence-corrected chi connectivity index (χ2v) is 7.88. The number of benzene rings is 2. The van der Waals surface area contributed by atoms with E-state index >= 15 is 0 Å². The van der Waals surface area contributed by atoms with E-state index in [1.807, 2.05) is 19.1 Å². The van der Waals surface area contributed by atoms with Crippen LogP contribution in [-0.4, -0.2) is 24.9 Å². The number of unbranched alkanes of at least 4 members (excludes halogenated alkanes) is 1. The van der Waals surface area contributed by atoms with Gasteiger partial charge in [0.25, 0.3) is 5.91 Å². The highest BCUT2D eigenvalue weighted by molar-refractivity contribution is 8.04. The fourth-order valence-electron chi connectivity index (χ4n) is 2.94. The van der Waals surface area contributed by atoms with Crippen LogP contribution in [0.15, 0.2) is 58.3 Å². The Bertz CT molecular complexity index is 956. The van der Waals surface area contributed by atoms with Crippen LogP contribution in [0.1, 0.15) is 30.9 Å². The smallest absolute Gasteiger partial charge is 0.355 e. The molecule has 30 heavy (non-hydrogen) atoms. The molecule has 2 aromatic rings. The molecule has 4 nitrogen and oxygen atoms in total. The van der Waals surface area contributed by atoms with Gasteiger partial charge in [0, 0.05) is 11.4 Å². The number of fused-ring (bicyclic) bond motifs is 1. The molecule has 2 aromatic carbocycles. The summed E-state index contributed by atoms with van der Waals surface area (Å²) < 4.78 is 38.3. The lowest BCUT2D eigenvalue weighted by Gasteiger charge is -2.29. The predicted octanol–water partition coefficient (Wildman–Crippen LogP) is 5.10. The van der Waals surface area contributed by atoms with E-state index in [0.29, 0.717) is 22.7 Å². The van der Waals surface area contributed by atoms with Gasteiger partial charge in [0.2, 0.25) is 5.91 Å². The van der Waals surface area contributed by atoms with Gasteiger partial charge in [-0.15, -0.1) is 0 Å². The lowest BCUT2D eigenvalue weighted by atomic mass is 10.1. The molecule has 0 bridgehead atoms. The van der Waals surface area contributed by atoms with Gasteiger partial charge in [-0.05, 0) is 42.3 Å². The van der Waals surface area contributed by atoms with E-state index in [1.54, 1.807) is 18.2 Å². The van der Waals surface area contributed by atoms with Crippen LogP contribution in [0, 0.1) is 0 Å². The molecule has 0 unspecified atom stereocenters. The van der Waals surface area contributed by atoms with Crippen molar-refractivity contribution in [2.75, 3.05) is 18.0 Å². The predicted molar refractivity (Wildman–Crippen MR) is 112 cm³/mol. The van der Waals surface area contributed by atoms with Crippen LogP contribution in [0.5, 0.6) is 0 Å². The second-order valence-electron chi connectivity index (χ2n) is 6.79.